The number of amides is 1. The second-order valence-electron chi connectivity index (χ2n) is 4.75. The van der Waals surface area contributed by atoms with Gasteiger partial charge in [-0.2, -0.15) is 0 Å². The van der Waals surface area contributed by atoms with Gasteiger partial charge in [-0.25, -0.2) is 4.98 Å². The van der Waals surface area contributed by atoms with E-state index in [1.165, 1.54) is 0 Å². The lowest BCUT2D eigenvalue weighted by molar-refractivity contribution is 0.0779. The van der Waals surface area contributed by atoms with Crippen LogP contribution in [0.1, 0.15) is 23.0 Å². The molecular formula is C16H18BrN3O. The van der Waals surface area contributed by atoms with Crippen molar-refractivity contribution in [1.29, 1.82) is 0 Å². The SMILES string of the molecule is CCNc1ccc(C(=O)N(C)Cc2ccc(Br)cc2)nc1. The molecule has 1 N–H and O–H groups in total. The van der Waals surface area contributed by atoms with Gasteiger partial charge in [0.1, 0.15) is 5.69 Å². The predicted molar refractivity (Wildman–Crippen MR) is 88.3 cm³/mol. The summed E-state index contributed by atoms with van der Waals surface area (Å²) >= 11 is 3.40. The third-order valence-corrected chi connectivity index (χ3v) is 3.57. The van der Waals surface area contributed by atoms with E-state index in [-0.39, 0.29) is 5.91 Å². The maximum absolute atomic E-state index is 12.3. The van der Waals surface area contributed by atoms with Crippen LogP contribution in [-0.4, -0.2) is 29.4 Å². The van der Waals surface area contributed by atoms with Gasteiger partial charge < -0.3 is 10.2 Å². The number of halogens is 1. The summed E-state index contributed by atoms with van der Waals surface area (Å²) in [4.78, 5) is 18.2. The van der Waals surface area contributed by atoms with E-state index in [1.54, 1.807) is 24.2 Å². The molecule has 0 aliphatic heterocycles. The third kappa shape index (κ3) is 4.29. The van der Waals surface area contributed by atoms with E-state index in [0.717, 1.165) is 22.3 Å². The quantitative estimate of drug-likeness (QED) is 0.899. The van der Waals surface area contributed by atoms with Crippen LogP contribution in [0.2, 0.25) is 0 Å². The second kappa shape index (κ2) is 7.22. The van der Waals surface area contributed by atoms with Crippen molar-refractivity contribution in [2.75, 3.05) is 18.9 Å². The molecular weight excluding hydrogens is 330 g/mol. The van der Waals surface area contributed by atoms with Crippen molar-refractivity contribution in [2.24, 2.45) is 0 Å². The molecule has 1 aromatic heterocycles. The van der Waals surface area contributed by atoms with Gasteiger partial charge in [-0.1, -0.05) is 28.1 Å². The number of carbonyl (C=O) groups excluding carboxylic acids is 1. The van der Waals surface area contributed by atoms with E-state index in [1.807, 2.05) is 37.3 Å². The number of rotatable bonds is 5. The summed E-state index contributed by atoms with van der Waals surface area (Å²) in [5.74, 6) is -0.0824. The number of benzene rings is 1. The van der Waals surface area contributed by atoms with Gasteiger partial charge in [0.2, 0.25) is 0 Å². The first-order chi connectivity index (χ1) is 10.1. The summed E-state index contributed by atoms with van der Waals surface area (Å²) in [5, 5.41) is 3.16. The van der Waals surface area contributed by atoms with E-state index < -0.39 is 0 Å². The number of carbonyl (C=O) groups is 1. The molecule has 5 heteroatoms. The van der Waals surface area contributed by atoms with E-state index in [2.05, 4.69) is 26.2 Å². The Kier molecular flexibility index (Phi) is 5.33. The zero-order chi connectivity index (χ0) is 15.2. The van der Waals surface area contributed by atoms with Crippen LogP contribution >= 0.6 is 15.9 Å². The molecule has 1 aromatic carbocycles. The zero-order valence-electron chi connectivity index (χ0n) is 12.1. The molecule has 4 nitrogen and oxygen atoms in total. The normalized spacial score (nSPS) is 10.2. The number of pyridine rings is 1. The van der Waals surface area contributed by atoms with Gasteiger partial charge in [-0.15, -0.1) is 0 Å². The highest BCUT2D eigenvalue weighted by atomic mass is 79.9. The van der Waals surface area contributed by atoms with Crippen molar-refractivity contribution >= 4 is 27.5 Å². The first-order valence-corrected chi connectivity index (χ1v) is 7.59. The monoisotopic (exact) mass is 347 g/mol. The van der Waals surface area contributed by atoms with Gasteiger partial charge in [0, 0.05) is 24.6 Å². The maximum Gasteiger partial charge on any atom is 0.272 e. The molecule has 0 radical (unpaired) electrons. The number of anilines is 1. The van der Waals surface area contributed by atoms with Gasteiger partial charge in [-0.3, -0.25) is 4.79 Å². The summed E-state index contributed by atoms with van der Waals surface area (Å²) in [6, 6.07) is 11.6. The Morgan fingerprint density at radius 1 is 1.24 bits per heavy atom. The van der Waals surface area contributed by atoms with Crippen molar-refractivity contribution in [1.82, 2.24) is 9.88 Å². The molecule has 0 unspecified atom stereocenters. The molecule has 0 aliphatic rings. The van der Waals surface area contributed by atoms with E-state index in [0.29, 0.717) is 12.2 Å². The Hall–Kier alpha value is -1.88. The van der Waals surface area contributed by atoms with Gasteiger partial charge in [0.15, 0.2) is 0 Å². The minimum absolute atomic E-state index is 0.0824. The van der Waals surface area contributed by atoms with Crippen LogP contribution in [0.5, 0.6) is 0 Å². The second-order valence-corrected chi connectivity index (χ2v) is 5.67. The van der Waals surface area contributed by atoms with E-state index in [9.17, 15) is 4.79 Å². The molecule has 1 amide bonds. The number of aromatic nitrogens is 1. The van der Waals surface area contributed by atoms with Crippen molar-refractivity contribution in [3.05, 3.63) is 58.3 Å². The van der Waals surface area contributed by atoms with Crippen LogP contribution in [0.4, 0.5) is 5.69 Å². The zero-order valence-corrected chi connectivity index (χ0v) is 13.7. The largest absolute Gasteiger partial charge is 0.384 e. The summed E-state index contributed by atoms with van der Waals surface area (Å²) in [7, 11) is 1.78. The number of hydrogen-bond donors (Lipinski definition) is 1. The fourth-order valence-electron chi connectivity index (χ4n) is 1.96. The standard InChI is InChI=1S/C16H18BrN3O/c1-3-18-14-8-9-15(19-10-14)16(21)20(2)11-12-4-6-13(17)7-5-12/h4-10,18H,3,11H2,1-2H3. The highest BCUT2D eigenvalue weighted by molar-refractivity contribution is 9.10. The molecule has 2 rings (SSSR count). The van der Waals surface area contributed by atoms with E-state index >= 15 is 0 Å². The molecule has 1 heterocycles. The molecule has 0 aliphatic carbocycles. The number of nitrogens with zero attached hydrogens (tertiary/aromatic N) is 2. The van der Waals surface area contributed by atoms with Crippen LogP contribution in [-0.2, 0) is 6.54 Å². The first-order valence-electron chi connectivity index (χ1n) is 6.80. The van der Waals surface area contributed by atoms with Crippen LogP contribution in [0, 0.1) is 0 Å². The summed E-state index contributed by atoms with van der Waals surface area (Å²) < 4.78 is 1.03. The smallest absolute Gasteiger partial charge is 0.272 e. The fourth-order valence-corrected chi connectivity index (χ4v) is 2.22. The molecule has 0 bridgehead atoms. The van der Waals surface area contributed by atoms with Crippen molar-refractivity contribution in [3.63, 3.8) is 0 Å². The van der Waals surface area contributed by atoms with Gasteiger partial charge in [0.05, 0.1) is 11.9 Å². The Labute approximate surface area is 133 Å². The lowest BCUT2D eigenvalue weighted by Crippen LogP contribution is -2.27. The molecule has 0 saturated carbocycles. The molecule has 0 atom stereocenters. The maximum atomic E-state index is 12.3. The molecule has 110 valence electrons. The first kappa shape index (κ1) is 15.5. The van der Waals surface area contributed by atoms with Crippen molar-refractivity contribution in [3.8, 4) is 0 Å². The minimum Gasteiger partial charge on any atom is -0.384 e. The number of nitrogens with one attached hydrogen (secondary N) is 1. The predicted octanol–water partition coefficient (Wildman–Crippen LogP) is 3.55. The Morgan fingerprint density at radius 3 is 2.52 bits per heavy atom. The molecule has 0 saturated heterocycles. The summed E-state index contributed by atoms with van der Waals surface area (Å²) in [5.41, 5.74) is 2.46. The van der Waals surface area contributed by atoms with Crippen LogP contribution < -0.4 is 5.32 Å². The Morgan fingerprint density at radius 2 is 1.95 bits per heavy atom. The average molecular weight is 348 g/mol. The topological polar surface area (TPSA) is 45.2 Å². The number of hydrogen-bond acceptors (Lipinski definition) is 3. The lowest BCUT2D eigenvalue weighted by atomic mass is 10.2. The highest BCUT2D eigenvalue weighted by Gasteiger charge is 2.13. The molecule has 0 spiro atoms. The average Bonchev–Trinajstić information content (AvgIpc) is 2.50. The summed E-state index contributed by atoms with van der Waals surface area (Å²) in [6.07, 6.45) is 1.68. The van der Waals surface area contributed by atoms with Gasteiger partial charge in [-0.05, 0) is 36.8 Å². The van der Waals surface area contributed by atoms with Crippen LogP contribution in [0.3, 0.4) is 0 Å². The minimum atomic E-state index is -0.0824. The molecule has 21 heavy (non-hydrogen) atoms. The highest BCUT2D eigenvalue weighted by Crippen LogP contribution is 2.13. The van der Waals surface area contributed by atoms with E-state index in [4.69, 9.17) is 0 Å². The summed E-state index contributed by atoms with van der Waals surface area (Å²) in [6.45, 7) is 3.41. The Bertz CT molecular complexity index is 596. The third-order valence-electron chi connectivity index (χ3n) is 3.04. The molecule has 2 aromatic rings. The van der Waals surface area contributed by atoms with Crippen molar-refractivity contribution < 1.29 is 4.79 Å². The van der Waals surface area contributed by atoms with Crippen LogP contribution in [0.15, 0.2) is 47.1 Å². The van der Waals surface area contributed by atoms with Crippen molar-refractivity contribution in [2.45, 2.75) is 13.5 Å². The fraction of sp³-hybridized carbons (Fsp3) is 0.250. The van der Waals surface area contributed by atoms with Gasteiger partial charge >= 0.3 is 0 Å². The van der Waals surface area contributed by atoms with Gasteiger partial charge in [0.25, 0.3) is 5.91 Å². The van der Waals surface area contributed by atoms with Crippen LogP contribution in [0.25, 0.3) is 0 Å². The Balaban J connectivity index is 2.02. The lowest BCUT2D eigenvalue weighted by Gasteiger charge is -2.17. The molecule has 0 fully saturated rings.